The van der Waals surface area contributed by atoms with Crippen molar-refractivity contribution in [2.45, 2.75) is 50.2 Å². The van der Waals surface area contributed by atoms with E-state index in [1.165, 1.54) is 25.7 Å². The van der Waals surface area contributed by atoms with E-state index in [1.54, 1.807) is 0 Å². The molecule has 0 aromatic rings. The molecule has 1 aliphatic heterocycles. The van der Waals surface area contributed by atoms with E-state index < -0.39 is 0 Å². The van der Waals surface area contributed by atoms with Crippen molar-refractivity contribution < 1.29 is 9.47 Å². The van der Waals surface area contributed by atoms with Crippen LogP contribution in [0.5, 0.6) is 0 Å². The first-order valence-electron chi connectivity index (χ1n) is 7.75. The molecule has 0 bridgehead atoms. The van der Waals surface area contributed by atoms with Crippen LogP contribution in [0, 0.1) is 5.92 Å². The Balaban J connectivity index is 2.01. The molecule has 2 rings (SSSR count). The Hall–Kier alpha value is -0.160. The molecule has 0 radical (unpaired) electrons. The first kappa shape index (κ1) is 15.2. The predicted molar refractivity (Wildman–Crippen MR) is 77.2 cm³/mol. The summed E-state index contributed by atoms with van der Waals surface area (Å²) >= 11 is 0. The highest BCUT2D eigenvalue weighted by atomic mass is 16.5. The topological polar surface area (TPSA) is 47.7 Å². The Kier molecular flexibility index (Phi) is 5.63. The molecule has 2 N–H and O–H groups in total. The minimum Gasteiger partial charge on any atom is -0.381 e. The van der Waals surface area contributed by atoms with Crippen LogP contribution in [-0.2, 0) is 9.47 Å². The number of nitrogens with two attached hydrogens (primary N) is 1. The number of ether oxygens (including phenoxy) is 2. The largest absolute Gasteiger partial charge is 0.381 e. The minimum atomic E-state index is 0.0322. The zero-order valence-corrected chi connectivity index (χ0v) is 12.6. The van der Waals surface area contributed by atoms with E-state index in [4.69, 9.17) is 15.2 Å². The van der Waals surface area contributed by atoms with Gasteiger partial charge in [-0.15, -0.1) is 0 Å². The van der Waals surface area contributed by atoms with Gasteiger partial charge < -0.3 is 15.2 Å². The van der Waals surface area contributed by atoms with Gasteiger partial charge >= 0.3 is 0 Å². The van der Waals surface area contributed by atoms with Gasteiger partial charge in [-0.1, -0.05) is 12.8 Å². The molecule has 1 heterocycles. The van der Waals surface area contributed by atoms with E-state index in [2.05, 4.69) is 11.9 Å². The average molecular weight is 270 g/mol. The third kappa shape index (κ3) is 3.30. The molecule has 2 fully saturated rings. The molecule has 3 atom stereocenters. The third-order valence-electron chi connectivity index (χ3n) is 5.11. The fourth-order valence-electron chi connectivity index (χ4n) is 3.87. The normalized spacial score (nSPS) is 36.6. The number of likely N-dealkylation sites (N-methyl/N-ethyl adjacent to an activating group) is 1. The number of hydrogen-bond acceptors (Lipinski definition) is 4. The lowest BCUT2D eigenvalue weighted by Crippen LogP contribution is -2.62. The number of methoxy groups -OCH3 is 1. The second-order valence-corrected chi connectivity index (χ2v) is 6.24. The monoisotopic (exact) mass is 270 g/mol. The first-order valence-corrected chi connectivity index (χ1v) is 7.75. The Morgan fingerprint density at radius 2 is 2.16 bits per heavy atom. The summed E-state index contributed by atoms with van der Waals surface area (Å²) < 4.78 is 11.4. The summed E-state index contributed by atoms with van der Waals surface area (Å²) in [5.74, 6) is 0.654. The molecule has 3 unspecified atom stereocenters. The minimum absolute atomic E-state index is 0.0322. The van der Waals surface area contributed by atoms with Crippen LogP contribution >= 0.6 is 0 Å². The van der Waals surface area contributed by atoms with Gasteiger partial charge in [0.1, 0.15) is 0 Å². The van der Waals surface area contributed by atoms with E-state index in [0.717, 1.165) is 32.6 Å². The fourth-order valence-corrected chi connectivity index (χ4v) is 3.87. The maximum atomic E-state index is 6.16. The Morgan fingerprint density at radius 3 is 2.79 bits per heavy atom. The highest BCUT2D eigenvalue weighted by Crippen LogP contribution is 2.35. The van der Waals surface area contributed by atoms with Gasteiger partial charge in [0.15, 0.2) is 0 Å². The molecule has 1 saturated heterocycles. The highest BCUT2D eigenvalue weighted by Gasteiger charge is 2.43. The molecule has 4 heteroatoms. The van der Waals surface area contributed by atoms with Crippen molar-refractivity contribution in [3.05, 3.63) is 0 Å². The van der Waals surface area contributed by atoms with E-state index in [0.29, 0.717) is 12.5 Å². The van der Waals surface area contributed by atoms with Crippen molar-refractivity contribution in [1.29, 1.82) is 0 Å². The lowest BCUT2D eigenvalue weighted by atomic mass is 9.77. The molecule has 2 aliphatic rings. The molecule has 4 nitrogen and oxygen atoms in total. The zero-order chi connectivity index (χ0) is 13.7. The summed E-state index contributed by atoms with van der Waals surface area (Å²) in [6, 6.07) is 0. The van der Waals surface area contributed by atoms with Crippen LogP contribution in [0.3, 0.4) is 0 Å². The first-order chi connectivity index (χ1) is 9.23. The van der Waals surface area contributed by atoms with Gasteiger partial charge in [-0.25, -0.2) is 0 Å². The van der Waals surface area contributed by atoms with Crippen LogP contribution in [0.1, 0.15) is 38.5 Å². The second kappa shape index (κ2) is 7.02. The van der Waals surface area contributed by atoms with Crippen LogP contribution in [0.25, 0.3) is 0 Å². The average Bonchev–Trinajstić information content (AvgIpc) is 2.47. The Morgan fingerprint density at radius 1 is 1.32 bits per heavy atom. The van der Waals surface area contributed by atoms with Crippen LogP contribution in [0.2, 0.25) is 0 Å². The standard InChI is InChI=1S/C15H30N2O2/c1-17(10-13-6-5-9-19-11-13)15(12-16)8-4-3-7-14(15)18-2/h13-14H,3-12,16H2,1-2H3. The SMILES string of the molecule is COC1CCCCC1(CN)N(C)CC1CCCOC1. The van der Waals surface area contributed by atoms with Gasteiger partial charge in [0.05, 0.1) is 18.2 Å². The Labute approximate surface area is 117 Å². The van der Waals surface area contributed by atoms with Gasteiger partial charge in [-0.3, -0.25) is 4.90 Å². The van der Waals surface area contributed by atoms with Crippen LogP contribution < -0.4 is 5.73 Å². The predicted octanol–water partition coefficient (Wildman–Crippen LogP) is 1.63. The van der Waals surface area contributed by atoms with Crippen LogP contribution in [-0.4, -0.2) is 57.0 Å². The third-order valence-corrected chi connectivity index (χ3v) is 5.11. The Bertz CT molecular complexity index is 269. The highest BCUT2D eigenvalue weighted by molar-refractivity contribution is 5.00. The van der Waals surface area contributed by atoms with Crippen LogP contribution in [0.15, 0.2) is 0 Å². The molecule has 112 valence electrons. The second-order valence-electron chi connectivity index (χ2n) is 6.24. The van der Waals surface area contributed by atoms with Crippen molar-refractivity contribution in [2.24, 2.45) is 11.7 Å². The molecule has 1 saturated carbocycles. The summed E-state index contributed by atoms with van der Waals surface area (Å²) in [5.41, 5.74) is 6.19. The molecule has 1 aliphatic carbocycles. The van der Waals surface area contributed by atoms with Gasteiger partial charge in [0.2, 0.25) is 0 Å². The smallest absolute Gasteiger partial charge is 0.0767 e. The van der Waals surface area contributed by atoms with Crippen molar-refractivity contribution in [3.63, 3.8) is 0 Å². The van der Waals surface area contributed by atoms with Crippen molar-refractivity contribution in [1.82, 2.24) is 4.90 Å². The van der Waals surface area contributed by atoms with E-state index in [9.17, 15) is 0 Å². The van der Waals surface area contributed by atoms with E-state index in [1.807, 2.05) is 7.11 Å². The molecular formula is C15H30N2O2. The number of hydrogen-bond donors (Lipinski definition) is 1. The number of rotatable bonds is 5. The molecule has 0 aromatic heterocycles. The molecular weight excluding hydrogens is 240 g/mol. The van der Waals surface area contributed by atoms with Crippen LogP contribution in [0.4, 0.5) is 0 Å². The lowest BCUT2D eigenvalue weighted by molar-refractivity contribution is -0.0769. The quantitative estimate of drug-likeness (QED) is 0.825. The van der Waals surface area contributed by atoms with Gasteiger partial charge in [0, 0.05) is 26.8 Å². The molecule has 0 spiro atoms. The van der Waals surface area contributed by atoms with E-state index >= 15 is 0 Å². The molecule has 0 amide bonds. The molecule has 0 aromatic carbocycles. The van der Waals surface area contributed by atoms with Crippen molar-refractivity contribution in [3.8, 4) is 0 Å². The van der Waals surface area contributed by atoms with Crippen molar-refractivity contribution in [2.75, 3.05) is 40.5 Å². The maximum Gasteiger partial charge on any atom is 0.0767 e. The summed E-state index contributed by atoms with van der Waals surface area (Å²) in [6.07, 6.45) is 7.58. The lowest BCUT2D eigenvalue weighted by Gasteiger charge is -2.49. The fraction of sp³-hybridized carbons (Fsp3) is 1.00. The van der Waals surface area contributed by atoms with Gasteiger partial charge in [-0.05, 0) is 38.6 Å². The van der Waals surface area contributed by atoms with Gasteiger partial charge in [0.25, 0.3) is 0 Å². The number of nitrogens with zero attached hydrogens (tertiary/aromatic N) is 1. The van der Waals surface area contributed by atoms with E-state index in [-0.39, 0.29) is 11.6 Å². The van der Waals surface area contributed by atoms with Gasteiger partial charge in [-0.2, -0.15) is 0 Å². The summed E-state index contributed by atoms with van der Waals surface area (Å²) in [7, 11) is 4.05. The zero-order valence-electron chi connectivity index (χ0n) is 12.6. The summed E-state index contributed by atoms with van der Waals surface area (Å²) in [6.45, 7) is 3.61. The molecule has 19 heavy (non-hydrogen) atoms. The summed E-state index contributed by atoms with van der Waals surface area (Å²) in [4.78, 5) is 2.47. The van der Waals surface area contributed by atoms with Crippen molar-refractivity contribution >= 4 is 0 Å². The summed E-state index contributed by atoms with van der Waals surface area (Å²) in [5, 5.41) is 0. The maximum absolute atomic E-state index is 6.16.